The Morgan fingerprint density at radius 1 is 0.800 bits per heavy atom. The zero-order valence-corrected chi connectivity index (χ0v) is 27.1. The standard InChI is InChI=1S/C42H34N6O2/c49-40(45-31-21-34-38-35(24-44-47-41(34)50)39(46-36(38)22-31)27-13-5-1-6-14-27)33-23-32(33)37-25-48(26-43-37)42(28-15-7-2-8-16-28,29-17-9-3-10-18-29)30-19-11-4-12-20-30/h1-22,24-26,32-33,35,39,46H,23H2,(H,45,49)(H,47,50). The van der Waals surface area contributed by atoms with Crippen LogP contribution >= 0.6 is 0 Å². The SMILES string of the molecule is O=C1NN=CC2c3c(cc(NC(=O)C4CC4c4cn(C(c5ccccc5)(c5ccccc5)c5ccccc5)cn4)cc31)NC2c1ccccc1. The van der Waals surface area contributed by atoms with Crippen LogP contribution in [0.5, 0.6) is 0 Å². The van der Waals surface area contributed by atoms with Gasteiger partial charge in [-0.3, -0.25) is 9.59 Å². The van der Waals surface area contributed by atoms with Crippen LogP contribution in [0.15, 0.2) is 151 Å². The molecule has 244 valence electrons. The van der Waals surface area contributed by atoms with Crippen molar-refractivity contribution >= 4 is 29.4 Å². The van der Waals surface area contributed by atoms with Crippen LogP contribution in [0.25, 0.3) is 0 Å². The second-order valence-electron chi connectivity index (χ2n) is 13.2. The Morgan fingerprint density at radius 3 is 2.02 bits per heavy atom. The lowest BCUT2D eigenvalue weighted by Crippen LogP contribution is -2.36. The predicted octanol–water partition coefficient (Wildman–Crippen LogP) is 7.45. The number of imidazole rings is 1. The molecule has 2 aliphatic heterocycles. The molecule has 3 heterocycles. The summed E-state index contributed by atoms with van der Waals surface area (Å²) in [5, 5.41) is 10.9. The number of hydrogen-bond donors (Lipinski definition) is 3. The van der Waals surface area contributed by atoms with E-state index in [0.29, 0.717) is 17.7 Å². The van der Waals surface area contributed by atoms with E-state index in [1.165, 1.54) is 0 Å². The fraction of sp³-hybridized carbons (Fsp3) is 0.143. The van der Waals surface area contributed by atoms with Crippen LogP contribution in [-0.4, -0.2) is 27.6 Å². The predicted molar refractivity (Wildman–Crippen MR) is 194 cm³/mol. The Balaban J connectivity index is 1.01. The van der Waals surface area contributed by atoms with E-state index in [0.717, 1.165) is 39.2 Å². The van der Waals surface area contributed by atoms with Gasteiger partial charge in [-0.05, 0) is 46.4 Å². The average Bonchev–Trinajstić information content (AvgIpc) is 3.73. The van der Waals surface area contributed by atoms with Crippen LogP contribution in [0.4, 0.5) is 11.4 Å². The van der Waals surface area contributed by atoms with Crippen molar-refractivity contribution in [1.82, 2.24) is 15.0 Å². The lowest BCUT2D eigenvalue weighted by atomic mass is 9.77. The maximum Gasteiger partial charge on any atom is 0.271 e. The molecule has 0 spiro atoms. The fourth-order valence-electron chi connectivity index (χ4n) is 7.91. The molecular weight excluding hydrogens is 621 g/mol. The molecule has 3 aliphatic rings. The molecule has 8 heteroatoms. The number of carbonyl (C=O) groups is 2. The minimum atomic E-state index is -0.668. The van der Waals surface area contributed by atoms with Crippen molar-refractivity contribution in [2.75, 3.05) is 10.6 Å². The molecule has 50 heavy (non-hydrogen) atoms. The first-order valence-corrected chi connectivity index (χ1v) is 17.0. The number of hydrogen-bond acceptors (Lipinski definition) is 5. The molecular formula is C42H34N6O2. The highest BCUT2D eigenvalue weighted by molar-refractivity contribution is 6.04. The van der Waals surface area contributed by atoms with Crippen LogP contribution < -0.4 is 16.1 Å². The highest BCUT2D eigenvalue weighted by atomic mass is 16.2. The topological polar surface area (TPSA) is 100 Å². The highest BCUT2D eigenvalue weighted by Crippen LogP contribution is 2.50. The Kier molecular flexibility index (Phi) is 7.16. The van der Waals surface area contributed by atoms with Crippen LogP contribution in [-0.2, 0) is 10.3 Å². The maximum absolute atomic E-state index is 13.7. The Bertz CT molecular complexity index is 2140. The van der Waals surface area contributed by atoms with E-state index in [1.54, 1.807) is 12.3 Å². The summed E-state index contributed by atoms with van der Waals surface area (Å²) >= 11 is 0. The number of carbonyl (C=O) groups excluding carboxylic acids is 2. The van der Waals surface area contributed by atoms with E-state index in [4.69, 9.17) is 4.98 Å². The summed E-state index contributed by atoms with van der Waals surface area (Å²) in [4.78, 5) is 31.8. The molecule has 6 aromatic rings. The summed E-state index contributed by atoms with van der Waals surface area (Å²) in [5.74, 6) is -0.755. The van der Waals surface area contributed by atoms with Crippen LogP contribution in [0, 0.1) is 5.92 Å². The molecule has 4 atom stereocenters. The molecule has 9 rings (SSSR count). The summed E-state index contributed by atoms with van der Waals surface area (Å²) in [6.07, 6.45) is 6.49. The van der Waals surface area contributed by atoms with E-state index >= 15 is 0 Å². The first kappa shape index (κ1) is 29.8. The number of nitrogens with one attached hydrogen (secondary N) is 3. The third-order valence-corrected chi connectivity index (χ3v) is 10.3. The Labute approximate surface area is 289 Å². The lowest BCUT2D eigenvalue weighted by Gasteiger charge is -2.37. The second kappa shape index (κ2) is 12.0. The minimum absolute atomic E-state index is 0.0195. The quantitative estimate of drug-likeness (QED) is 0.149. The number of amides is 2. The molecule has 0 saturated heterocycles. The van der Waals surface area contributed by atoms with Gasteiger partial charge < -0.3 is 15.2 Å². The molecule has 1 saturated carbocycles. The molecule has 4 unspecified atom stereocenters. The Hall–Kier alpha value is -6.28. The van der Waals surface area contributed by atoms with E-state index in [-0.39, 0.29) is 35.6 Å². The zero-order valence-electron chi connectivity index (χ0n) is 27.1. The average molecular weight is 655 g/mol. The molecule has 1 aliphatic carbocycles. The van der Waals surface area contributed by atoms with Gasteiger partial charge in [0.15, 0.2) is 0 Å². The van der Waals surface area contributed by atoms with Crippen molar-refractivity contribution in [3.63, 3.8) is 0 Å². The second-order valence-corrected chi connectivity index (χ2v) is 13.2. The van der Waals surface area contributed by atoms with Gasteiger partial charge in [-0.2, -0.15) is 5.10 Å². The number of hydrazone groups is 1. The summed E-state index contributed by atoms with van der Waals surface area (Å²) in [7, 11) is 0. The summed E-state index contributed by atoms with van der Waals surface area (Å²) < 4.78 is 2.19. The van der Waals surface area contributed by atoms with Crippen molar-refractivity contribution in [2.45, 2.75) is 29.8 Å². The molecule has 5 aromatic carbocycles. The molecule has 1 aromatic heterocycles. The van der Waals surface area contributed by atoms with Crippen molar-refractivity contribution in [1.29, 1.82) is 0 Å². The van der Waals surface area contributed by atoms with Gasteiger partial charge in [0.1, 0.15) is 5.54 Å². The van der Waals surface area contributed by atoms with Gasteiger partial charge in [0, 0.05) is 47.1 Å². The lowest BCUT2D eigenvalue weighted by molar-refractivity contribution is -0.117. The first-order valence-electron chi connectivity index (χ1n) is 17.0. The van der Waals surface area contributed by atoms with E-state index in [9.17, 15) is 9.59 Å². The van der Waals surface area contributed by atoms with Gasteiger partial charge in [-0.15, -0.1) is 0 Å². The van der Waals surface area contributed by atoms with Crippen LogP contribution in [0.1, 0.15) is 68.2 Å². The summed E-state index contributed by atoms with van der Waals surface area (Å²) in [5.41, 5.74) is 10.1. The van der Waals surface area contributed by atoms with Gasteiger partial charge in [0.05, 0.1) is 18.1 Å². The van der Waals surface area contributed by atoms with Crippen LogP contribution in [0.2, 0.25) is 0 Å². The first-order chi connectivity index (χ1) is 24.6. The number of rotatable bonds is 8. The smallest absolute Gasteiger partial charge is 0.271 e. The molecule has 0 bridgehead atoms. The maximum atomic E-state index is 13.7. The largest absolute Gasteiger partial charge is 0.377 e. The van der Waals surface area contributed by atoms with Crippen molar-refractivity contribution in [3.8, 4) is 0 Å². The number of aromatic nitrogens is 2. The summed E-state index contributed by atoms with van der Waals surface area (Å²) in [6.45, 7) is 0. The van der Waals surface area contributed by atoms with E-state index in [2.05, 4.69) is 117 Å². The normalized spacial score (nSPS) is 20.3. The van der Waals surface area contributed by atoms with Crippen molar-refractivity contribution < 1.29 is 9.59 Å². The summed E-state index contributed by atoms with van der Waals surface area (Å²) in [6, 6.07) is 45.2. The van der Waals surface area contributed by atoms with E-state index < -0.39 is 5.54 Å². The third kappa shape index (κ3) is 4.91. The van der Waals surface area contributed by atoms with Gasteiger partial charge in [-0.1, -0.05) is 121 Å². The monoisotopic (exact) mass is 654 g/mol. The molecule has 8 nitrogen and oxygen atoms in total. The molecule has 1 fully saturated rings. The number of benzene rings is 5. The number of anilines is 2. The van der Waals surface area contributed by atoms with Gasteiger partial charge in [0.2, 0.25) is 5.91 Å². The van der Waals surface area contributed by atoms with Crippen molar-refractivity contribution in [3.05, 3.63) is 185 Å². The minimum Gasteiger partial charge on any atom is -0.377 e. The van der Waals surface area contributed by atoms with Gasteiger partial charge in [0.25, 0.3) is 5.91 Å². The van der Waals surface area contributed by atoms with Gasteiger partial charge >= 0.3 is 0 Å². The third-order valence-electron chi connectivity index (χ3n) is 10.3. The van der Waals surface area contributed by atoms with Crippen molar-refractivity contribution in [2.24, 2.45) is 11.0 Å². The number of nitrogens with zero attached hydrogens (tertiary/aromatic N) is 3. The van der Waals surface area contributed by atoms with Gasteiger partial charge in [-0.25, -0.2) is 10.4 Å². The zero-order chi connectivity index (χ0) is 33.7. The molecule has 2 amide bonds. The molecule has 0 radical (unpaired) electrons. The molecule has 3 N–H and O–H groups in total. The van der Waals surface area contributed by atoms with Crippen LogP contribution in [0.3, 0.4) is 0 Å². The highest BCUT2D eigenvalue weighted by Gasteiger charge is 2.47. The fourth-order valence-corrected chi connectivity index (χ4v) is 7.91. The van der Waals surface area contributed by atoms with E-state index in [1.807, 2.05) is 48.8 Å². The Morgan fingerprint density at radius 2 is 1.40 bits per heavy atom.